The molecule has 0 spiro atoms. The molecule has 0 N–H and O–H groups in total. The second-order valence-corrected chi connectivity index (χ2v) is 5.00. The maximum absolute atomic E-state index is 13.4. The van der Waals surface area contributed by atoms with Crippen LogP contribution in [0, 0.1) is 12.7 Å². The van der Waals surface area contributed by atoms with Gasteiger partial charge in [0.15, 0.2) is 0 Å². The number of hydrogen-bond donors (Lipinski definition) is 0. The lowest BCUT2D eigenvalue weighted by molar-refractivity contribution is 0.0980. The van der Waals surface area contributed by atoms with Gasteiger partial charge < -0.3 is 4.90 Å². The van der Waals surface area contributed by atoms with E-state index in [-0.39, 0.29) is 11.7 Å². The fourth-order valence-electron chi connectivity index (χ4n) is 2.56. The highest BCUT2D eigenvalue weighted by molar-refractivity contribution is 6.05. The minimum atomic E-state index is -0.319. The molecule has 0 aliphatic carbocycles. The zero-order valence-electron chi connectivity index (χ0n) is 11.3. The highest BCUT2D eigenvalue weighted by Gasteiger charge is 2.24. The van der Waals surface area contributed by atoms with Crippen molar-refractivity contribution in [1.29, 1.82) is 0 Å². The summed E-state index contributed by atoms with van der Waals surface area (Å²) < 4.78 is 13.4. The molecule has 4 heteroatoms. The average Bonchev–Trinajstić information content (AvgIpc) is 2.46. The highest BCUT2D eigenvalue weighted by atomic mass is 19.1. The van der Waals surface area contributed by atoms with E-state index in [1.807, 2.05) is 19.1 Å². The van der Waals surface area contributed by atoms with E-state index in [2.05, 4.69) is 4.98 Å². The number of fused-ring (bicyclic) bond motifs is 1. The average molecular weight is 270 g/mol. The number of nitrogens with zero attached hydrogens (tertiary/aromatic N) is 2. The number of benzene rings is 1. The van der Waals surface area contributed by atoms with Crippen LogP contribution in [0.4, 0.5) is 10.1 Å². The number of halogens is 1. The summed E-state index contributed by atoms with van der Waals surface area (Å²) >= 11 is 0. The van der Waals surface area contributed by atoms with Gasteiger partial charge >= 0.3 is 0 Å². The van der Waals surface area contributed by atoms with Crippen LogP contribution in [0.3, 0.4) is 0 Å². The van der Waals surface area contributed by atoms with Crippen LogP contribution in [0.2, 0.25) is 0 Å². The molecule has 1 aliphatic rings. The van der Waals surface area contributed by atoms with Crippen molar-refractivity contribution in [3.8, 4) is 0 Å². The van der Waals surface area contributed by atoms with Gasteiger partial charge in [0.25, 0.3) is 5.91 Å². The molecule has 1 aromatic carbocycles. The molecule has 0 atom stereocenters. The molecule has 0 radical (unpaired) electrons. The highest BCUT2D eigenvalue weighted by Crippen LogP contribution is 2.28. The third-order valence-electron chi connectivity index (χ3n) is 3.52. The third kappa shape index (κ3) is 2.29. The number of aromatic nitrogens is 1. The molecule has 3 rings (SSSR count). The predicted molar refractivity (Wildman–Crippen MR) is 75.4 cm³/mol. The molecule has 3 nitrogen and oxygen atoms in total. The standard InChI is InChI=1S/C16H15FN2O/c1-11-4-2-6-14(18-11)16(20)19-9-3-5-12-7-8-13(17)10-15(12)19/h2,4,6-8,10H,3,5,9H2,1H3. The fourth-order valence-corrected chi connectivity index (χ4v) is 2.56. The van der Waals surface area contributed by atoms with Crippen molar-refractivity contribution in [3.63, 3.8) is 0 Å². The molecule has 0 saturated heterocycles. The Kier molecular flexibility index (Phi) is 3.22. The summed E-state index contributed by atoms with van der Waals surface area (Å²) in [5, 5.41) is 0. The Labute approximate surface area is 117 Å². The topological polar surface area (TPSA) is 33.2 Å². The SMILES string of the molecule is Cc1cccc(C(=O)N2CCCc3ccc(F)cc32)n1. The van der Waals surface area contributed by atoms with Crippen molar-refractivity contribution < 1.29 is 9.18 Å². The monoisotopic (exact) mass is 270 g/mol. The summed E-state index contributed by atoms with van der Waals surface area (Å²) in [5.74, 6) is -0.485. The molecular weight excluding hydrogens is 255 g/mol. The summed E-state index contributed by atoms with van der Waals surface area (Å²) in [4.78, 5) is 18.5. The molecule has 20 heavy (non-hydrogen) atoms. The summed E-state index contributed by atoms with van der Waals surface area (Å²) in [5.41, 5.74) is 2.89. The maximum atomic E-state index is 13.4. The summed E-state index contributed by atoms with van der Waals surface area (Å²) in [6, 6.07) is 9.99. The van der Waals surface area contributed by atoms with E-state index >= 15 is 0 Å². The van der Waals surface area contributed by atoms with Gasteiger partial charge in [-0.05, 0) is 49.6 Å². The summed E-state index contributed by atoms with van der Waals surface area (Å²) in [7, 11) is 0. The molecule has 0 bridgehead atoms. The number of rotatable bonds is 1. The first-order valence-electron chi connectivity index (χ1n) is 6.69. The zero-order chi connectivity index (χ0) is 14.1. The normalized spacial score (nSPS) is 14.0. The maximum Gasteiger partial charge on any atom is 0.276 e. The van der Waals surface area contributed by atoms with E-state index < -0.39 is 0 Å². The first-order chi connectivity index (χ1) is 9.65. The van der Waals surface area contributed by atoms with Crippen molar-refractivity contribution in [2.24, 2.45) is 0 Å². The number of amides is 1. The van der Waals surface area contributed by atoms with Gasteiger partial charge in [0.05, 0.1) is 5.69 Å². The molecule has 1 aliphatic heterocycles. The molecule has 0 fully saturated rings. The quantitative estimate of drug-likeness (QED) is 0.797. The first kappa shape index (κ1) is 12.8. The summed E-state index contributed by atoms with van der Waals surface area (Å²) in [6.07, 6.45) is 1.76. The van der Waals surface area contributed by atoms with Crippen LogP contribution in [0.1, 0.15) is 28.2 Å². The van der Waals surface area contributed by atoms with Crippen LogP contribution in [0.15, 0.2) is 36.4 Å². The molecule has 1 amide bonds. The van der Waals surface area contributed by atoms with Crippen molar-refractivity contribution in [3.05, 3.63) is 59.2 Å². The molecule has 2 aromatic rings. The predicted octanol–water partition coefficient (Wildman–Crippen LogP) is 3.12. The van der Waals surface area contributed by atoms with E-state index in [9.17, 15) is 9.18 Å². The van der Waals surface area contributed by atoms with Crippen LogP contribution < -0.4 is 4.90 Å². The van der Waals surface area contributed by atoms with Crippen molar-refractivity contribution in [1.82, 2.24) is 4.98 Å². The van der Waals surface area contributed by atoms with Gasteiger partial charge in [-0.3, -0.25) is 4.79 Å². The Morgan fingerprint density at radius 3 is 2.95 bits per heavy atom. The lowest BCUT2D eigenvalue weighted by Crippen LogP contribution is -2.36. The molecule has 0 unspecified atom stereocenters. The van der Waals surface area contributed by atoms with Crippen LogP contribution in [0.5, 0.6) is 0 Å². The lowest BCUT2D eigenvalue weighted by atomic mass is 10.0. The number of carbonyl (C=O) groups is 1. The Balaban J connectivity index is 2.00. The van der Waals surface area contributed by atoms with Crippen molar-refractivity contribution >= 4 is 11.6 Å². The number of pyridine rings is 1. The molecule has 1 aromatic heterocycles. The molecule has 102 valence electrons. The van der Waals surface area contributed by atoms with Crippen LogP contribution in [0.25, 0.3) is 0 Å². The van der Waals surface area contributed by atoms with Gasteiger partial charge in [0.2, 0.25) is 0 Å². The minimum absolute atomic E-state index is 0.166. The van der Waals surface area contributed by atoms with Crippen molar-refractivity contribution in [2.45, 2.75) is 19.8 Å². The lowest BCUT2D eigenvalue weighted by Gasteiger charge is -2.29. The van der Waals surface area contributed by atoms with Gasteiger partial charge in [0.1, 0.15) is 11.5 Å². The van der Waals surface area contributed by atoms with Crippen LogP contribution in [-0.2, 0) is 6.42 Å². The van der Waals surface area contributed by atoms with Crippen LogP contribution >= 0.6 is 0 Å². The Bertz CT molecular complexity index is 669. The zero-order valence-corrected chi connectivity index (χ0v) is 11.3. The first-order valence-corrected chi connectivity index (χ1v) is 6.69. The third-order valence-corrected chi connectivity index (χ3v) is 3.52. The van der Waals surface area contributed by atoms with Gasteiger partial charge in [-0.2, -0.15) is 0 Å². The molecule has 2 heterocycles. The van der Waals surface area contributed by atoms with E-state index in [1.54, 1.807) is 17.0 Å². The van der Waals surface area contributed by atoms with Gasteiger partial charge in [-0.25, -0.2) is 9.37 Å². The van der Waals surface area contributed by atoms with Gasteiger partial charge in [0, 0.05) is 12.2 Å². The molecule has 0 saturated carbocycles. The second kappa shape index (κ2) is 5.04. The van der Waals surface area contributed by atoms with Gasteiger partial charge in [-0.15, -0.1) is 0 Å². The number of anilines is 1. The minimum Gasteiger partial charge on any atom is -0.307 e. The number of carbonyl (C=O) groups excluding carboxylic acids is 1. The molecular formula is C16H15FN2O. The van der Waals surface area contributed by atoms with E-state index in [0.29, 0.717) is 17.9 Å². The Morgan fingerprint density at radius 1 is 1.30 bits per heavy atom. The second-order valence-electron chi connectivity index (χ2n) is 5.00. The van der Waals surface area contributed by atoms with Crippen molar-refractivity contribution in [2.75, 3.05) is 11.4 Å². The Morgan fingerprint density at radius 2 is 2.15 bits per heavy atom. The smallest absolute Gasteiger partial charge is 0.276 e. The van der Waals surface area contributed by atoms with E-state index in [1.165, 1.54) is 12.1 Å². The van der Waals surface area contributed by atoms with Crippen LogP contribution in [-0.4, -0.2) is 17.4 Å². The number of hydrogen-bond acceptors (Lipinski definition) is 2. The fraction of sp³-hybridized carbons (Fsp3) is 0.250. The van der Waals surface area contributed by atoms with E-state index in [4.69, 9.17) is 0 Å². The van der Waals surface area contributed by atoms with Gasteiger partial charge in [-0.1, -0.05) is 12.1 Å². The van der Waals surface area contributed by atoms with E-state index in [0.717, 1.165) is 24.1 Å². The Hall–Kier alpha value is -2.23. The summed E-state index contributed by atoms with van der Waals surface area (Å²) in [6.45, 7) is 2.45. The number of aryl methyl sites for hydroxylation is 2. The largest absolute Gasteiger partial charge is 0.307 e.